The molecular formula is C21H23ClN2O2S. The van der Waals surface area contributed by atoms with Gasteiger partial charge >= 0.3 is 0 Å². The van der Waals surface area contributed by atoms with Crippen molar-refractivity contribution < 1.29 is 9.59 Å². The Bertz CT molecular complexity index is 796. The molecule has 27 heavy (non-hydrogen) atoms. The van der Waals surface area contributed by atoms with E-state index in [0.29, 0.717) is 9.21 Å². The molecule has 2 heterocycles. The number of Topliss-reactive ketones (excluding diaryl/α,β-unsaturated/α-hetero) is 1. The maximum atomic E-state index is 12.4. The van der Waals surface area contributed by atoms with Crippen molar-refractivity contribution in [2.75, 3.05) is 32.7 Å². The summed E-state index contributed by atoms with van der Waals surface area (Å²) in [4.78, 5) is 29.3. The summed E-state index contributed by atoms with van der Waals surface area (Å²) in [7, 11) is 0. The molecule has 4 nitrogen and oxygen atoms in total. The van der Waals surface area contributed by atoms with Gasteiger partial charge in [-0.1, -0.05) is 54.1 Å². The third-order valence-electron chi connectivity index (χ3n) is 4.61. The standard InChI is InChI=1S/C21H23ClN2O2S/c22-20-10-9-19(27-20)18(25)8-11-21(26)24-15-13-23(14-16-24)12-4-7-17-5-2-1-3-6-17/h1-7,9-10H,8,11-16H2. The van der Waals surface area contributed by atoms with Gasteiger partial charge in [0.05, 0.1) is 9.21 Å². The number of thiophene rings is 1. The van der Waals surface area contributed by atoms with Crippen molar-refractivity contribution in [2.24, 2.45) is 0 Å². The molecular weight excluding hydrogens is 380 g/mol. The van der Waals surface area contributed by atoms with Crippen LogP contribution in [0.1, 0.15) is 28.1 Å². The Kier molecular flexibility index (Phi) is 7.21. The van der Waals surface area contributed by atoms with E-state index in [2.05, 4.69) is 29.2 Å². The van der Waals surface area contributed by atoms with Crippen molar-refractivity contribution in [3.05, 3.63) is 63.3 Å². The molecule has 1 aromatic heterocycles. The lowest BCUT2D eigenvalue weighted by Gasteiger charge is -2.34. The Hall–Kier alpha value is -1.95. The molecule has 0 atom stereocenters. The molecule has 0 radical (unpaired) electrons. The van der Waals surface area contributed by atoms with Crippen molar-refractivity contribution in [1.82, 2.24) is 9.80 Å². The second-order valence-electron chi connectivity index (χ2n) is 6.52. The van der Waals surface area contributed by atoms with Crippen molar-refractivity contribution in [2.45, 2.75) is 12.8 Å². The highest BCUT2D eigenvalue weighted by Gasteiger charge is 2.21. The fourth-order valence-corrected chi connectivity index (χ4v) is 4.06. The molecule has 0 saturated carbocycles. The van der Waals surface area contributed by atoms with Crippen molar-refractivity contribution in [1.29, 1.82) is 0 Å². The topological polar surface area (TPSA) is 40.6 Å². The Morgan fingerprint density at radius 1 is 1.00 bits per heavy atom. The number of carbonyl (C=O) groups excluding carboxylic acids is 2. The number of carbonyl (C=O) groups is 2. The highest BCUT2D eigenvalue weighted by Crippen LogP contribution is 2.23. The van der Waals surface area contributed by atoms with Crippen LogP contribution >= 0.6 is 22.9 Å². The van der Waals surface area contributed by atoms with Crippen LogP contribution in [-0.2, 0) is 4.79 Å². The highest BCUT2D eigenvalue weighted by atomic mass is 35.5. The molecule has 1 amide bonds. The number of benzene rings is 1. The first-order valence-electron chi connectivity index (χ1n) is 9.12. The van der Waals surface area contributed by atoms with Crippen LogP contribution in [0, 0.1) is 0 Å². The van der Waals surface area contributed by atoms with Crippen molar-refractivity contribution in [3.63, 3.8) is 0 Å². The maximum absolute atomic E-state index is 12.4. The van der Waals surface area contributed by atoms with Gasteiger partial charge in [0.2, 0.25) is 5.91 Å². The molecule has 3 rings (SSSR count). The predicted molar refractivity (Wildman–Crippen MR) is 111 cm³/mol. The molecule has 1 aliphatic rings. The summed E-state index contributed by atoms with van der Waals surface area (Å²) in [6.45, 7) is 4.04. The minimum absolute atomic E-state index is 0.00932. The van der Waals surface area contributed by atoms with Crippen LogP contribution in [0.25, 0.3) is 6.08 Å². The lowest BCUT2D eigenvalue weighted by atomic mass is 10.1. The number of hydrogen-bond acceptors (Lipinski definition) is 4. The van der Waals surface area contributed by atoms with Gasteiger partial charge in [-0.15, -0.1) is 11.3 Å². The summed E-state index contributed by atoms with van der Waals surface area (Å²) in [5.74, 6) is 0.0513. The molecule has 142 valence electrons. The Labute approximate surface area is 169 Å². The van der Waals surface area contributed by atoms with Crippen LogP contribution in [0.5, 0.6) is 0 Å². The fourth-order valence-electron chi connectivity index (χ4n) is 3.05. The van der Waals surface area contributed by atoms with E-state index in [1.807, 2.05) is 23.1 Å². The highest BCUT2D eigenvalue weighted by molar-refractivity contribution is 7.18. The van der Waals surface area contributed by atoms with Gasteiger partial charge in [0.15, 0.2) is 5.78 Å². The molecule has 0 bridgehead atoms. The minimum atomic E-state index is -0.00932. The molecule has 0 spiro atoms. The second kappa shape index (κ2) is 9.83. The average Bonchev–Trinajstić information content (AvgIpc) is 3.14. The maximum Gasteiger partial charge on any atom is 0.223 e. The van der Waals surface area contributed by atoms with Crippen LogP contribution in [0.2, 0.25) is 4.34 Å². The van der Waals surface area contributed by atoms with Crippen molar-refractivity contribution in [3.8, 4) is 0 Å². The predicted octanol–water partition coefficient (Wildman–Crippen LogP) is 4.22. The van der Waals surface area contributed by atoms with E-state index in [-0.39, 0.29) is 24.5 Å². The van der Waals surface area contributed by atoms with Crippen LogP contribution in [0.3, 0.4) is 0 Å². The number of piperazine rings is 1. The first-order chi connectivity index (χ1) is 13.1. The van der Waals surface area contributed by atoms with Crippen LogP contribution in [0.15, 0.2) is 48.5 Å². The Balaban J connectivity index is 1.37. The monoisotopic (exact) mass is 402 g/mol. The molecule has 2 aromatic rings. The van der Waals surface area contributed by atoms with E-state index in [9.17, 15) is 9.59 Å². The average molecular weight is 403 g/mol. The number of nitrogens with zero attached hydrogens (tertiary/aromatic N) is 2. The summed E-state index contributed by atoms with van der Waals surface area (Å²) in [6.07, 6.45) is 4.80. The van der Waals surface area contributed by atoms with Gasteiger partial charge in [0.1, 0.15) is 0 Å². The van der Waals surface area contributed by atoms with E-state index in [1.165, 1.54) is 16.9 Å². The molecule has 6 heteroatoms. The van der Waals surface area contributed by atoms with Crippen LogP contribution in [-0.4, -0.2) is 54.2 Å². The van der Waals surface area contributed by atoms with E-state index in [4.69, 9.17) is 11.6 Å². The summed E-state index contributed by atoms with van der Waals surface area (Å²) < 4.78 is 0.599. The third kappa shape index (κ3) is 6.03. The first kappa shape index (κ1) is 19.8. The van der Waals surface area contributed by atoms with Gasteiger partial charge in [-0.05, 0) is 17.7 Å². The van der Waals surface area contributed by atoms with Gasteiger partial charge in [-0.25, -0.2) is 0 Å². The van der Waals surface area contributed by atoms with Gasteiger partial charge in [0.25, 0.3) is 0 Å². The zero-order chi connectivity index (χ0) is 19.1. The number of hydrogen-bond donors (Lipinski definition) is 0. The zero-order valence-electron chi connectivity index (χ0n) is 15.1. The summed E-state index contributed by atoms with van der Waals surface area (Å²) >= 11 is 7.12. The van der Waals surface area contributed by atoms with Crippen molar-refractivity contribution >= 4 is 40.7 Å². The zero-order valence-corrected chi connectivity index (χ0v) is 16.7. The number of halogens is 1. The summed E-state index contributed by atoms with van der Waals surface area (Å²) in [5, 5.41) is 0. The normalized spacial score (nSPS) is 15.4. The van der Waals surface area contributed by atoms with E-state index >= 15 is 0 Å². The number of rotatable bonds is 7. The largest absolute Gasteiger partial charge is 0.340 e. The smallest absolute Gasteiger partial charge is 0.223 e. The first-order valence-corrected chi connectivity index (χ1v) is 10.3. The van der Waals surface area contributed by atoms with Crippen LogP contribution < -0.4 is 0 Å². The van der Waals surface area contributed by atoms with E-state index in [0.717, 1.165) is 32.7 Å². The third-order valence-corrected chi connectivity index (χ3v) is 5.88. The molecule has 0 N–H and O–H groups in total. The Morgan fingerprint density at radius 2 is 1.74 bits per heavy atom. The van der Waals surface area contributed by atoms with Gasteiger partial charge in [-0.2, -0.15) is 0 Å². The quantitative estimate of drug-likeness (QED) is 0.651. The lowest BCUT2D eigenvalue weighted by Crippen LogP contribution is -2.48. The van der Waals surface area contributed by atoms with Gasteiger partial charge < -0.3 is 4.90 Å². The molecule has 1 aromatic carbocycles. The lowest BCUT2D eigenvalue weighted by molar-refractivity contribution is -0.132. The second-order valence-corrected chi connectivity index (χ2v) is 8.24. The number of amides is 1. The number of ketones is 1. The fraction of sp³-hybridized carbons (Fsp3) is 0.333. The SMILES string of the molecule is O=C(CCC(=O)N1CCN(CC=Cc2ccccc2)CC1)c1ccc(Cl)s1. The van der Waals surface area contributed by atoms with Gasteiger partial charge in [-0.3, -0.25) is 14.5 Å². The minimum Gasteiger partial charge on any atom is -0.340 e. The molecule has 1 saturated heterocycles. The molecule has 0 aliphatic carbocycles. The Morgan fingerprint density at radius 3 is 2.41 bits per heavy atom. The molecule has 0 unspecified atom stereocenters. The van der Waals surface area contributed by atoms with Crippen LogP contribution in [0.4, 0.5) is 0 Å². The molecule has 1 fully saturated rings. The van der Waals surface area contributed by atoms with Gasteiger partial charge in [0, 0.05) is 45.6 Å². The van der Waals surface area contributed by atoms with E-state index in [1.54, 1.807) is 12.1 Å². The summed E-state index contributed by atoms with van der Waals surface area (Å²) in [6, 6.07) is 13.7. The summed E-state index contributed by atoms with van der Waals surface area (Å²) in [5.41, 5.74) is 1.20. The molecule has 1 aliphatic heterocycles. The van der Waals surface area contributed by atoms with E-state index < -0.39 is 0 Å².